The molecule has 2 heterocycles. The Labute approximate surface area is 172 Å². The molecule has 1 aromatic heterocycles. The number of nitrogens with zero attached hydrogens (tertiary/aromatic N) is 3. The molecule has 1 aliphatic heterocycles. The Morgan fingerprint density at radius 3 is 2.52 bits per heavy atom. The number of piperidine rings is 1. The maximum absolute atomic E-state index is 13.0. The second-order valence-electron chi connectivity index (χ2n) is 7.07. The topological polar surface area (TPSA) is 71.3 Å². The molecule has 0 aliphatic carbocycles. The van der Waals surface area contributed by atoms with Crippen molar-refractivity contribution in [3.63, 3.8) is 0 Å². The van der Waals surface area contributed by atoms with Crippen LogP contribution in [0.1, 0.15) is 18.7 Å². The Kier molecular flexibility index (Phi) is 5.87. The molecule has 1 N–H and O–H groups in total. The highest BCUT2D eigenvalue weighted by atomic mass is 35.5. The van der Waals surface area contributed by atoms with Crippen molar-refractivity contribution < 1.29 is 13.7 Å². The Morgan fingerprint density at radius 2 is 1.83 bits per heavy atom. The number of amides is 1. The number of aromatic nitrogens is 2. The second kappa shape index (κ2) is 8.71. The van der Waals surface area contributed by atoms with Gasteiger partial charge >= 0.3 is 0 Å². The molecule has 2 aromatic carbocycles. The normalized spacial score (nSPS) is 15.4. The van der Waals surface area contributed by atoms with Crippen LogP contribution in [0.25, 0.3) is 11.5 Å². The quantitative estimate of drug-likeness (QED) is 0.670. The van der Waals surface area contributed by atoms with Gasteiger partial charge in [-0.1, -0.05) is 16.8 Å². The standard InChI is InChI=1S/C21H20ClFN4O2/c22-16-3-7-18(8-4-16)24-20(28)14-9-11-27(12-10-14)13-19-25-21(29-26-19)15-1-5-17(23)6-2-15/h1-8,14H,9-13H2,(H,24,28). The lowest BCUT2D eigenvalue weighted by Crippen LogP contribution is -2.38. The SMILES string of the molecule is O=C(Nc1ccc(Cl)cc1)C1CCN(Cc2noc(-c3ccc(F)cc3)n2)CC1. The van der Waals surface area contributed by atoms with Gasteiger partial charge in [0, 0.05) is 22.2 Å². The molecule has 1 aliphatic rings. The molecular formula is C21H20ClFN4O2. The highest BCUT2D eigenvalue weighted by Crippen LogP contribution is 2.22. The molecule has 4 rings (SSSR count). The van der Waals surface area contributed by atoms with E-state index >= 15 is 0 Å². The number of anilines is 1. The van der Waals surface area contributed by atoms with Crippen molar-refractivity contribution in [1.29, 1.82) is 0 Å². The monoisotopic (exact) mass is 414 g/mol. The zero-order valence-corrected chi connectivity index (χ0v) is 16.4. The summed E-state index contributed by atoms with van der Waals surface area (Å²) in [5.41, 5.74) is 1.43. The van der Waals surface area contributed by atoms with Crippen LogP contribution in [-0.2, 0) is 11.3 Å². The number of hydrogen-bond donors (Lipinski definition) is 1. The number of nitrogens with one attached hydrogen (secondary N) is 1. The predicted octanol–water partition coefficient (Wildman–Crippen LogP) is 4.38. The lowest BCUT2D eigenvalue weighted by atomic mass is 9.96. The third-order valence-electron chi connectivity index (χ3n) is 4.99. The first-order chi connectivity index (χ1) is 14.1. The Hall–Kier alpha value is -2.77. The number of benzene rings is 2. The van der Waals surface area contributed by atoms with Gasteiger partial charge in [-0.25, -0.2) is 4.39 Å². The molecule has 8 heteroatoms. The van der Waals surface area contributed by atoms with Crippen LogP contribution in [0, 0.1) is 11.7 Å². The van der Waals surface area contributed by atoms with Crippen molar-refractivity contribution in [2.75, 3.05) is 18.4 Å². The average molecular weight is 415 g/mol. The molecule has 0 spiro atoms. The third kappa shape index (κ3) is 4.99. The molecule has 0 unspecified atom stereocenters. The van der Waals surface area contributed by atoms with Gasteiger partial charge in [0.1, 0.15) is 5.82 Å². The van der Waals surface area contributed by atoms with Crippen LogP contribution in [0.5, 0.6) is 0 Å². The Balaban J connectivity index is 1.28. The van der Waals surface area contributed by atoms with E-state index in [1.165, 1.54) is 12.1 Å². The first-order valence-electron chi connectivity index (χ1n) is 9.44. The van der Waals surface area contributed by atoms with Crippen molar-refractivity contribution in [2.24, 2.45) is 5.92 Å². The number of likely N-dealkylation sites (tertiary alicyclic amines) is 1. The van der Waals surface area contributed by atoms with Crippen molar-refractivity contribution in [3.05, 3.63) is 65.2 Å². The number of carbonyl (C=O) groups excluding carboxylic acids is 1. The summed E-state index contributed by atoms with van der Waals surface area (Å²) in [6, 6.07) is 13.0. The van der Waals surface area contributed by atoms with E-state index < -0.39 is 0 Å². The van der Waals surface area contributed by atoms with Gasteiger partial charge in [-0.05, 0) is 74.5 Å². The summed E-state index contributed by atoms with van der Waals surface area (Å²) in [6.07, 6.45) is 1.53. The fourth-order valence-electron chi connectivity index (χ4n) is 3.36. The highest BCUT2D eigenvalue weighted by molar-refractivity contribution is 6.30. The van der Waals surface area contributed by atoms with Gasteiger partial charge in [-0.3, -0.25) is 9.69 Å². The van der Waals surface area contributed by atoms with Gasteiger partial charge in [0.05, 0.1) is 6.54 Å². The first-order valence-corrected chi connectivity index (χ1v) is 9.82. The lowest BCUT2D eigenvalue weighted by molar-refractivity contribution is -0.121. The molecule has 1 saturated heterocycles. The summed E-state index contributed by atoms with van der Waals surface area (Å²) < 4.78 is 18.3. The molecule has 0 bridgehead atoms. The van der Waals surface area contributed by atoms with Crippen LogP contribution in [-0.4, -0.2) is 34.0 Å². The van der Waals surface area contributed by atoms with Crippen LogP contribution in [0.2, 0.25) is 5.02 Å². The highest BCUT2D eigenvalue weighted by Gasteiger charge is 2.26. The van der Waals surface area contributed by atoms with Gasteiger partial charge < -0.3 is 9.84 Å². The molecule has 0 atom stereocenters. The zero-order valence-electron chi connectivity index (χ0n) is 15.6. The van der Waals surface area contributed by atoms with E-state index in [9.17, 15) is 9.18 Å². The number of rotatable bonds is 5. The summed E-state index contributed by atoms with van der Waals surface area (Å²) in [5, 5.41) is 7.60. The van der Waals surface area contributed by atoms with Crippen molar-refractivity contribution in [1.82, 2.24) is 15.0 Å². The van der Waals surface area contributed by atoms with Gasteiger partial charge in [0.2, 0.25) is 5.91 Å². The van der Waals surface area contributed by atoms with Crippen LogP contribution < -0.4 is 5.32 Å². The molecule has 150 valence electrons. The fraction of sp³-hybridized carbons (Fsp3) is 0.286. The number of halogens is 2. The third-order valence-corrected chi connectivity index (χ3v) is 5.25. The fourth-order valence-corrected chi connectivity index (χ4v) is 3.48. The van der Waals surface area contributed by atoms with E-state index in [0.717, 1.165) is 31.6 Å². The maximum Gasteiger partial charge on any atom is 0.257 e. The molecule has 6 nitrogen and oxygen atoms in total. The predicted molar refractivity (Wildman–Crippen MR) is 108 cm³/mol. The van der Waals surface area contributed by atoms with Crippen molar-refractivity contribution >= 4 is 23.2 Å². The zero-order chi connectivity index (χ0) is 20.2. The van der Waals surface area contributed by atoms with E-state index in [1.54, 1.807) is 36.4 Å². The molecule has 3 aromatic rings. The summed E-state index contributed by atoms with van der Waals surface area (Å²) in [5.74, 6) is 0.647. The van der Waals surface area contributed by atoms with Gasteiger partial charge in [0.25, 0.3) is 5.89 Å². The van der Waals surface area contributed by atoms with Gasteiger partial charge in [0.15, 0.2) is 5.82 Å². The van der Waals surface area contributed by atoms with E-state index in [-0.39, 0.29) is 17.6 Å². The van der Waals surface area contributed by atoms with E-state index in [2.05, 4.69) is 20.4 Å². The minimum absolute atomic E-state index is 0.0260. The Morgan fingerprint density at radius 1 is 1.14 bits per heavy atom. The minimum atomic E-state index is -0.309. The first kappa shape index (κ1) is 19.5. The average Bonchev–Trinajstić information content (AvgIpc) is 3.19. The summed E-state index contributed by atoms with van der Waals surface area (Å²) >= 11 is 5.87. The smallest absolute Gasteiger partial charge is 0.257 e. The summed E-state index contributed by atoms with van der Waals surface area (Å²) in [7, 11) is 0. The van der Waals surface area contributed by atoms with E-state index in [1.807, 2.05) is 0 Å². The van der Waals surface area contributed by atoms with Crippen LogP contribution in [0.4, 0.5) is 10.1 Å². The van der Waals surface area contributed by atoms with E-state index in [4.69, 9.17) is 16.1 Å². The molecule has 0 radical (unpaired) electrons. The molecule has 29 heavy (non-hydrogen) atoms. The van der Waals surface area contributed by atoms with Gasteiger partial charge in [-0.2, -0.15) is 4.98 Å². The van der Waals surface area contributed by atoms with Gasteiger partial charge in [-0.15, -0.1) is 0 Å². The lowest BCUT2D eigenvalue weighted by Gasteiger charge is -2.30. The van der Waals surface area contributed by atoms with Crippen LogP contribution >= 0.6 is 11.6 Å². The number of carbonyl (C=O) groups is 1. The summed E-state index contributed by atoms with van der Waals surface area (Å²) in [6.45, 7) is 2.11. The molecule has 1 amide bonds. The molecule has 0 saturated carbocycles. The van der Waals surface area contributed by atoms with Crippen molar-refractivity contribution in [2.45, 2.75) is 19.4 Å². The Bertz CT molecular complexity index is 967. The minimum Gasteiger partial charge on any atom is -0.334 e. The van der Waals surface area contributed by atoms with Crippen LogP contribution in [0.3, 0.4) is 0 Å². The number of hydrogen-bond acceptors (Lipinski definition) is 5. The van der Waals surface area contributed by atoms with Crippen molar-refractivity contribution in [3.8, 4) is 11.5 Å². The second-order valence-corrected chi connectivity index (χ2v) is 7.51. The molecular weight excluding hydrogens is 395 g/mol. The maximum atomic E-state index is 13.0. The van der Waals surface area contributed by atoms with E-state index in [0.29, 0.717) is 28.8 Å². The largest absolute Gasteiger partial charge is 0.334 e. The molecule has 1 fully saturated rings. The van der Waals surface area contributed by atoms with Crippen LogP contribution in [0.15, 0.2) is 53.1 Å². The summed E-state index contributed by atoms with van der Waals surface area (Å²) in [4.78, 5) is 19.1.